The van der Waals surface area contributed by atoms with Gasteiger partial charge in [-0.05, 0) is 12.1 Å². The fraction of sp³-hybridized carbons (Fsp3) is 0.286. The first-order valence-corrected chi connectivity index (χ1v) is 4.29. The van der Waals surface area contributed by atoms with E-state index in [1.807, 2.05) is 0 Å². The van der Waals surface area contributed by atoms with Crippen molar-refractivity contribution in [3.05, 3.63) is 24.0 Å². The molecule has 1 aliphatic rings. The average molecular weight is 196 g/mol. The summed E-state index contributed by atoms with van der Waals surface area (Å²) in [7, 11) is 0. The van der Waals surface area contributed by atoms with E-state index in [4.69, 9.17) is 0 Å². The number of amides is 1. The number of aromatic nitrogens is 1. The lowest BCUT2D eigenvalue weighted by Gasteiger charge is -2.09. The van der Waals surface area contributed by atoms with E-state index in [0.717, 1.165) is 0 Å². The van der Waals surface area contributed by atoms with Crippen molar-refractivity contribution in [2.45, 2.75) is 6.17 Å². The summed E-state index contributed by atoms with van der Waals surface area (Å²) < 4.78 is 0. The lowest BCUT2D eigenvalue weighted by atomic mass is 10.4. The molecule has 0 aliphatic carbocycles. The Hall–Kier alpha value is -1.41. The van der Waals surface area contributed by atoms with Crippen LogP contribution in [-0.4, -0.2) is 23.6 Å². The van der Waals surface area contributed by atoms with Crippen molar-refractivity contribution in [1.29, 1.82) is 0 Å². The first-order chi connectivity index (χ1) is 6.86. The topological polar surface area (TPSA) is 93.0 Å². The highest BCUT2D eigenvalue weighted by molar-refractivity contribution is 5.92. The maximum atomic E-state index is 11.4. The van der Waals surface area contributed by atoms with Crippen molar-refractivity contribution in [3.63, 3.8) is 0 Å². The molecule has 0 aromatic carbocycles. The van der Waals surface area contributed by atoms with Crippen molar-refractivity contribution in [2.75, 3.05) is 6.54 Å². The molecule has 1 aromatic rings. The van der Waals surface area contributed by atoms with E-state index in [2.05, 4.69) is 32.2 Å². The highest BCUT2D eigenvalue weighted by Crippen LogP contribution is 1.93. The van der Waals surface area contributed by atoms with E-state index in [0.29, 0.717) is 12.2 Å². The second-order valence-corrected chi connectivity index (χ2v) is 2.89. The third-order valence-corrected chi connectivity index (χ3v) is 1.86. The lowest BCUT2D eigenvalue weighted by Crippen LogP contribution is -2.44. The third kappa shape index (κ3) is 2.09. The smallest absolute Gasteiger partial charge is 0.267 e. The molecule has 0 spiro atoms. The Bertz CT molecular complexity index is 291. The predicted molar refractivity (Wildman–Crippen MR) is 49.5 cm³/mol. The number of carbonyl (C=O) groups is 1. The van der Waals surface area contributed by atoms with Gasteiger partial charge in [-0.25, -0.2) is 10.9 Å². The van der Waals surface area contributed by atoms with Crippen LogP contribution in [0.2, 0.25) is 0 Å². The van der Waals surface area contributed by atoms with Gasteiger partial charge in [-0.1, -0.05) is 0 Å². The van der Waals surface area contributed by atoms with E-state index in [-0.39, 0.29) is 12.1 Å². The Balaban J connectivity index is 1.78. The summed E-state index contributed by atoms with van der Waals surface area (Å²) in [5.74, 6) is -0.120. The summed E-state index contributed by atoms with van der Waals surface area (Å²) >= 11 is 0. The zero-order valence-corrected chi connectivity index (χ0v) is 7.42. The van der Waals surface area contributed by atoms with Gasteiger partial charge >= 0.3 is 0 Å². The van der Waals surface area contributed by atoms with Gasteiger partial charge in [0.1, 0.15) is 11.9 Å². The van der Waals surface area contributed by atoms with E-state index in [1.165, 1.54) is 0 Å². The van der Waals surface area contributed by atoms with E-state index >= 15 is 0 Å². The zero-order chi connectivity index (χ0) is 9.80. The maximum absolute atomic E-state index is 11.4. The first kappa shape index (κ1) is 9.16. The van der Waals surface area contributed by atoms with Gasteiger partial charge < -0.3 is 10.3 Å². The Labute approximate surface area is 80.6 Å². The van der Waals surface area contributed by atoms with Gasteiger partial charge in [0.2, 0.25) is 0 Å². The molecular formula is C7H12N6O. The van der Waals surface area contributed by atoms with Crippen molar-refractivity contribution < 1.29 is 4.79 Å². The Kier molecular flexibility index (Phi) is 2.75. The quantitative estimate of drug-likeness (QED) is 0.343. The van der Waals surface area contributed by atoms with Crippen LogP contribution in [0, 0.1) is 0 Å². The molecule has 14 heavy (non-hydrogen) atoms. The molecule has 0 radical (unpaired) electrons. The zero-order valence-electron chi connectivity index (χ0n) is 7.42. The average Bonchev–Trinajstić information content (AvgIpc) is 2.87. The minimum Gasteiger partial charge on any atom is -0.357 e. The molecule has 2 rings (SSSR count). The van der Waals surface area contributed by atoms with Gasteiger partial charge in [0, 0.05) is 12.7 Å². The predicted octanol–water partition coefficient (Wildman–Crippen LogP) is -1.81. The summed E-state index contributed by atoms with van der Waals surface area (Å²) in [6.07, 6.45) is 1.69. The van der Waals surface area contributed by atoms with Crippen LogP contribution in [0.3, 0.4) is 0 Å². The standard InChI is InChI=1S/C7H12N6O/c14-7(5-2-1-3-8-5)9-4-6-10-12-13-11-6/h1-3,6,8,10-13H,4H2,(H,9,14). The van der Waals surface area contributed by atoms with Gasteiger partial charge in [-0.3, -0.25) is 4.79 Å². The number of aromatic amines is 1. The maximum Gasteiger partial charge on any atom is 0.267 e. The Morgan fingerprint density at radius 3 is 2.86 bits per heavy atom. The van der Waals surface area contributed by atoms with Crippen LogP contribution < -0.4 is 27.2 Å². The summed E-state index contributed by atoms with van der Waals surface area (Å²) in [6.45, 7) is 0.484. The summed E-state index contributed by atoms with van der Waals surface area (Å²) in [6, 6.07) is 3.51. The number of carbonyl (C=O) groups excluding carboxylic acids is 1. The second kappa shape index (κ2) is 4.20. The molecule has 6 N–H and O–H groups in total. The van der Waals surface area contributed by atoms with E-state index in [1.54, 1.807) is 18.3 Å². The van der Waals surface area contributed by atoms with Crippen LogP contribution >= 0.6 is 0 Å². The molecule has 1 amide bonds. The normalized spacial score (nSPS) is 17.1. The van der Waals surface area contributed by atoms with Crippen LogP contribution in [0.15, 0.2) is 18.3 Å². The SMILES string of the molecule is O=C(NCC1NNNN1)c1ccc[nH]1. The number of hydrogen-bond donors (Lipinski definition) is 6. The largest absolute Gasteiger partial charge is 0.357 e. The highest BCUT2D eigenvalue weighted by atomic mass is 16.1. The molecule has 76 valence electrons. The van der Waals surface area contributed by atoms with Gasteiger partial charge in [-0.15, -0.1) is 0 Å². The van der Waals surface area contributed by atoms with Crippen LogP contribution in [0.25, 0.3) is 0 Å². The number of nitrogens with one attached hydrogen (secondary N) is 6. The van der Waals surface area contributed by atoms with Crippen molar-refractivity contribution >= 4 is 5.91 Å². The van der Waals surface area contributed by atoms with Gasteiger partial charge in [0.25, 0.3) is 5.91 Å². The van der Waals surface area contributed by atoms with Gasteiger partial charge in [0.05, 0.1) is 0 Å². The number of hydrazine groups is 3. The van der Waals surface area contributed by atoms with Crippen molar-refractivity contribution in [1.82, 2.24) is 32.2 Å². The lowest BCUT2D eigenvalue weighted by molar-refractivity contribution is 0.0944. The molecule has 0 unspecified atom stereocenters. The number of hydrogen-bond acceptors (Lipinski definition) is 5. The molecular weight excluding hydrogens is 184 g/mol. The fourth-order valence-electron chi connectivity index (χ4n) is 1.15. The fourth-order valence-corrected chi connectivity index (χ4v) is 1.15. The molecule has 0 bridgehead atoms. The van der Waals surface area contributed by atoms with Crippen LogP contribution in [0.1, 0.15) is 10.5 Å². The molecule has 1 saturated heterocycles. The van der Waals surface area contributed by atoms with Crippen LogP contribution in [0.4, 0.5) is 0 Å². The van der Waals surface area contributed by atoms with Crippen LogP contribution in [0.5, 0.6) is 0 Å². The summed E-state index contributed by atoms with van der Waals surface area (Å²) in [5, 5.41) is 2.75. The third-order valence-electron chi connectivity index (χ3n) is 1.86. The molecule has 2 heterocycles. The molecule has 1 aromatic heterocycles. The summed E-state index contributed by atoms with van der Waals surface area (Å²) in [4.78, 5) is 14.3. The van der Waals surface area contributed by atoms with E-state index < -0.39 is 0 Å². The Morgan fingerprint density at radius 1 is 1.43 bits per heavy atom. The molecule has 1 aliphatic heterocycles. The minimum absolute atomic E-state index is 0.0195. The highest BCUT2D eigenvalue weighted by Gasteiger charge is 2.13. The number of H-pyrrole nitrogens is 1. The van der Waals surface area contributed by atoms with Crippen LogP contribution in [-0.2, 0) is 0 Å². The minimum atomic E-state index is -0.120. The van der Waals surface area contributed by atoms with E-state index in [9.17, 15) is 4.79 Å². The molecule has 0 saturated carbocycles. The van der Waals surface area contributed by atoms with Crippen molar-refractivity contribution in [3.8, 4) is 0 Å². The molecule has 7 nitrogen and oxygen atoms in total. The Morgan fingerprint density at radius 2 is 2.21 bits per heavy atom. The molecule has 7 heteroatoms. The second-order valence-electron chi connectivity index (χ2n) is 2.89. The van der Waals surface area contributed by atoms with Gasteiger partial charge in [0.15, 0.2) is 0 Å². The monoisotopic (exact) mass is 196 g/mol. The molecule has 0 atom stereocenters. The van der Waals surface area contributed by atoms with Gasteiger partial charge in [-0.2, -0.15) is 11.1 Å². The summed E-state index contributed by atoms with van der Waals surface area (Å²) in [5.41, 5.74) is 11.6. The number of rotatable bonds is 3. The van der Waals surface area contributed by atoms with Crippen molar-refractivity contribution in [2.24, 2.45) is 0 Å². The first-order valence-electron chi connectivity index (χ1n) is 4.29. The molecule has 1 fully saturated rings.